The largest absolute Gasteiger partial charge is 0.416 e. The number of β-amino-alcohol motifs (C(OH)–C–C–N with tert-alkyl or cyclic N) is 1. The SMILES string of the molecule is O=C1NC(=NC2CNCC2O)SC1=Cc1ccc2c(cnn2Cc2ccc(Cl)cc2C(F)(F)F)c1. The first kappa shape index (κ1) is 23.9. The number of aliphatic hydroxyl groups is 1. The highest BCUT2D eigenvalue weighted by Gasteiger charge is 2.34. The Balaban J connectivity index is 1.38. The molecule has 2 atom stereocenters. The second-order valence-corrected chi connectivity index (χ2v) is 9.68. The number of halogens is 4. The van der Waals surface area contributed by atoms with Gasteiger partial charge in [0.1, 0.15) is 0 Å². The lowest BCUT2D eigenvalue weighted by Gasteiger charge is -2.14. The Morgan fingerprint density at radius 1 is 1.26 bits per heavy atom. The number of amidine groups is 1. The van der Waals surface area contributed by atoms with E-state index >= 15 is 0 Å². The summed E-state index contributed by atoms with van der Waals surface area (Å²) in [5.41, 5.74) is 0.661. The minimum Gasteiger partial charge on any atom is -0.390 e. The standard InChI is InChI=1S/C23H19ClF3N5O2S/c24-15-3-2-13(16(7-15)23(25,26)27)11-32-18-4-1-12(5-14(18)8-29-32)6-20-21(34)31-22(35-20)30-17-9-28-10-19(17)33/h1-8,17,19,28,33H,9-11H2,(H,30,31,34). The van der Waals surface area contributed by atoms with E-state index in [9.17, 15) is 23.1 Å². The first-order chi connectivity index (χ1) is 16.7. The molecule has 3 aromatic rings. The average molecular weight is 522 g/mol. The van der Waals surface area contributed by atoms with Crippen LogP contribution in [0.25, 0.3) is 17.0 Å². The van der Waals surface area contributed by atoms with Crippen molar-refractivity contribution in [2.75, 3.05) is 13.1 Å². The maximum absolute atomic E-state index is 13.5. The molecular weight excluding hydrogens is 503 g/mol. The van der Waals surface area contributed by atoms with Crippen molar-refractivity contribution in [3.05, 3.63) is 69.2 Å². The van der Waals surface area contributed by atoms with Crippen LogP contribution in [0.1, 0.15) is 16.7 Å². The van der Waals surface area contributed by atoms with Gasteiger partial charge >= 0.3 is 6.18 Å². The van der Waals surface area contributed by atoms with Gasteiger partial charge < -0.3 is 15.7 Å². The van der Waals surface area contributed by atoms with Crippen molar-refractivity contribution in [2.24, 2.45) is 4.99 Å². The van der Waals surface area contributed by atoms with E-state index in [1.807, 2.05) is 6.07 Å². The van der Waals surface area contributed by atoms with Crippen LogP contribution in [0, 0.1) is 0 Å². The van der Waals surface area contributed by atoms with Gasteiger partial charge in [0.15, 0.2) is 5.17 Å². The topological polar surface area (TPSA) is 91.5 Å². The molecule has 3 heterocycles. The van der Waals surface area contributed by atoms with Gasteiger partial charge in [0.2, 0.25) is 0 Å². The molecule has 0 aliphatic carbocycles. The molecule has 0 spiro atoms. The van der Waals surface area contributed by atoms with Gasteiger partial charge in [-0.25, -0.2) is 0 Å². The van der Waals surface area contributed by atoms with Crippen LogP contribution in [0.5, 0.6) is 0 Å². The molecule has 12 heteroatoms. The zero-order valence-corrected chi connectivity index (χ0v) is 19.6. The van der Waals surface area contributed by atoms with E-state index in [1.54, 1.807) is 24.4 Å². The summed E-state index contributed by atoms with van der Waals surface area (Å²) in [5.74, 6) is -0.285. The number of hydrogen-bond acceptors (Lipinski definition) is 6. The van der Waals surface area contributed by atoms with E-state index in [4.69, 9.17) is 11.6 Å². The molecule has 0 saturated carbocycles. The van der Waals surface area contributed by atoms with E-state index in [-0.39, 0.29) is 29.1 Å². The second-order valence-electron chi connectivity index (χ2n) is 8.21. The highest BCUT2D eigenvalue weighted by atomic mass is 35.5. The van der Waals surface area contributed by atoms with E-state index in [0.29, 0.717) is 28.7 Å². The number of amides is 1. The molecule has 3 N–H and O–H groups in total. The maximum atomic E-state index is 13.5. The summed E-state index contributed by atoms with van der Waals surface area (Å²) in [4.78, 5) is 17.2. The van der Waals surface area contributed by atoms with Crippen LogP contribution in [0.3, 0.4) is 0 Å². The molecule has 35 heavy (non-hydrogen) atoms. The van der Waals surface area contributed by atoms with E-state index in [1.165, 1.54) is 28.6 Å². The first-order valence-corrected chi connectivity index (χ1v) is 11.9. The zero-order valence-electron chi connectivity index (χ0n) is 18.0. The molecule has 2 aliphatic heterocycles. The zero-order chi connectivity index (χ0) is 24.7. The van der Waals surface area contributed by atoms with E-state index in [0.717, 1.165) is 17.0 Å². The molecule has 2 aromatic carbocycles. The number of carbonyl (C=O) groups excluding carboxylic acids is 1. The van der Waals surface area contributed by atoms with Crippen LogP contribution in [-0.4, -0.2) is 51.2 Å². The van der Waals surface area contributed by atoms with Crippen LogP contribution in [-0.2, 0) is 17.5 Å². The lowest BCUT2D eigenvalue weighted by atomic mass is 10.1. The number of hydrogen-bond donors (Lipinski definition) is 3. The number of nitrogens with zero attached hydrogens (tertiary/aromatic N) is 3. The van der Waals surface area contributed by atoms with Crippen molar-refractivity contribution in [2.45, 2.75) is 24.9 Å². The summed E-state index contributed by atoms with van der Waals surface area (Å²) >= 11 is 6.97. The Kier molecular flexibility index (Phi) is 6.34. The number of thioether (sulfide) groups is 1. The number of alkyl halides is 3. The van der Waals surface area contributed by atoms with E-state index in [2.05, 4.69) is 20.7 Å². The van der Waals surface area contributed by atoms with Crippen molar-refractivity contribution < 1.29 is 23.1 Å². The molecule has 1 amide bonds. The van der Waals surface area contributed by atoms with Crippen LogP contribution in [0.15, 0.2) is 52.5 Å². The summed E-state index contributed by atoms with van der Waals surface area (Å²) in [6.07, 6.45) is -1.84. The first-order valence-electron chi connectivity index (χ1n) is 10.7. The van der Waals surface area contributed by atoms with Gasteiger partial charge in [0.05, 0.1) is 40.9 Å². The number of nitrogens with one attached hydrogen (secondary N) is 2. The number of benzene rings is 2. The Morgan fingerprint density at radius 3 is 2.83 bits per heavy atom. The van der Waals surface area contributed by atoms with Crippen molar-refractivity contribution >= 4 is 51.4 Å². The van der Waals surface area contributed by atoms with Gasteiger partial charge in [-0.15, -0.1) is 0 Å². The number of aromatic nitrogens is 2. The van der Waals surface area contributed by atoms with Gasteiger partial charge in [0, 0.05) is 23.5 Å². The van der Waals surface area contributed by atoms with Gasteiger partial charge in [-0.3, -0.25) is 14.5 Å². The quantitative estimate of drug-likeness (QED) is 0.456. The molecule has 182 valence electrons. The number of carbonyl (C=O) groups is 1. The van der Waals surface area contributed by atoms with Gasteiger partial charge in [0.25, 0.3) is 5.91 Å². The van der Waals surface area contributed by atoms with Gasteiger partial charge in [-0.05, 0) is 53.2 Å². The Morgan fingerprint density at radius 2 is 2.09 bits per heavy atom. The van der Waals surface area contributed by atoms with Crippen LogP contribution >= 0.6 is 23.4 Å². The van der Waals surface area contributed by atoms with Gasteiger partial charge in [-0.1, -0.05) is 23.7 Å². The summed E-state index contributed by atoms with van der Waals surface area (Å²) in [5, 5.41) is 21.1. The molecule has 0 bridgehead atoms. The van der Waals surface area contributed by atoms with Crippen molar-refractivity contribution in [3.8, 4) is 0 Å². The highest BCUT2D eigenvalue weighted by molar-refractivity contribution is 8.18. The minimum atomic E-state index is -4.53. The average Bonchev–Trinajstić information content (AvgIpc) is 3.48. The van der Waals surface area contributed by atoms with Gasteiger partial charge in [-0.2, -0.15) is 18.3 Å². The third kappa shape index (κ3) is 5.08. The molecule has 2 saturated heterocycles. The summed E-state index contributed by atoms with van der Waals surface area (Å²) in [6.45, 7) is 0.934. The van der Waals surface area contributed by atoms with Crippen molar-refractivity contribution in [3.63, 3.8) is 0 Å². The Labute approximate surface area is 207 Å². The molecule has 7 nitrogen and oxygen atoms in total. The molecule has 5 rings (SSSR count). The summed E-state index contributed by atoms with van der Waals surface area (Å²) in [7, 11) is 0. The fourth-order valence-electron chi connectivity index (χ4n) is 4.01. The number of rotatable bonds is 4. The fourth-order valence-corrected chi connectivity index (χ4v) is 5.06. The summed E-state index contributed by atoms with van der Waals surface area (Å²) < 4.78 is 41.9. The molecular formula is C23H19ClF3N5O2S. The number of fused-ring (bicyclic) bond motifs is 1. The predicted molar refractivity (Wildman–Crippen MR) is 129 cm³/mol. The monoisotopic (exact) mass is 521 g/mol. The molecule has 0 radical (unpaired) electrons. The normalized spacial score (nSPS) is 23.1. The minimum absolute atomic E-state index is 0.0159. The summed E-state index contributed by atoms with van der Waals surface area (Å²) in [6, 6.07) is 8.72. The molecule has 2 aliphatic rings. The van der Waals surface area contributed by atoms with Crippen LogP contribution < -0.4 is 10.6 Å². The predicted octanol–water partition coefficient (Wildman–Crippen LogP) is 3.65. The fraction of sp³-hybridized carbons (Fsp3) is 0.261. The lowest BCUT2D eigenvalue weighted by Crippen LogP contribution is -2.26. The van der Waals surface area contributed by atoms with Crippen LogP contribution in [0.2, 0.25) is 5.02 Å². The van der Waals surface area contributed by atoms with Crippen molar-refractivity contribution in [1.82, 2.24) is 20.4 Å². The molecule has 2 unspecified atom stereocenters. The van der Waals surface area contributed by atoms with Crippen LogP contribution in [0.4, 0.5) is 13.2 Å². The smallest absolute Gasteiger partial charge is 0.390 e. The number of aliphatic imine (C=N–C) groups is 1. The third-order valence-electron chi connectivity index (χ3n) is 5.75. The second kappa shape index (κ2) is 9.30. The third-order valence-corrected chi connectivity index (χ3v) is 6.91. The number of aliphatic hydroxyl groups excluding tert-OH is 1. The molecule has 1 aromatic heterocycles. The Bertz CT molecular complexity index is 1370. The maximum Gasteiger partial charge on any atom is 0.416 e. The van der Waals surface area contributed by atoms with E-state index < -0.39 is 17.8 Å². The molecule has 2 fully saturated rings. The van der Waals surface area contributed by atoms with Crippen molar-refractivity contribution in [1.29, 1.82) is 0 Å². The lowest BCUT2D eigenvalue weighted by molar-refractivity contribution is -0.138. The Hall–Kier alpha value is -2.86. The highest BCUT2D eigenvalue weighted by Crippen LogP contribution is 2.34.